The number of rotatable bonds is 6. The van der Waals surface area contributed by atoms with Gasteiger partial charge in [-0.05, 0) is 23.8 Å². The van der Waals surface area contributed by atoms with Gasteiger partial charge in [-0.25, -0.2) is 5.10 Å². The minimum Gasteiger partial charge on any atom is -0.375 e. The van der Waals surface area contributed by atoms with E-state index in [1.165, 1.54) is 24.5 Å². The van der Waals surface area contributed by atoms with Crippen LogP contribution in [0.4, 0.5) is 17.3 Å². The summed E-state index contributed by atoms with van der Waals surface area (Å²) in [5.74, 6) is -0.388. The summed E-state index contributed by atoms with van der Waals surface area (Å²) in [4.78, 5) is 26.7. The Morgan fingerprint density at radius 1 is 1.27 bits per heavy atom. The lowest BCUT2D eigenvalue weighted by Crippen LogP contribution is -2.14. The summed E-state index contributed by atoms with van der Waals surface area (Å²) in [6, 6.07) is 11.3. The standard InChI is InChI=1S/C16H13ClN6O3/c17-12-4-2-1-3-11(12)8-18-13-6-5-10(7-14(13)23(25)26)15(24)21-16-19-9-20-22-16/h1-7,9,18H,8H2,(H2,19,20,21,22,24). The molecule has 0 unspecified atom stereocenters. The van der Waals surface area contributed by atoms with Crippen molar-refractivity contribution in [1.82, 2.24) is 15.2 Å². The SMILES string of the molecule is O=C(Nc1ncn[nH]1)c1ccc(NCc2ccccc2Cl)c([N+](=O)[O-])c1. The lowest BCUT2D eigenvalue weighted by atomic mass is 10.1. The Hall–Kier alpha value is -3.46. The van der Waals surface area contributed by atoms with Gasteiger partial charge >= 0.3 is 0 Å². The quantitative estimate of drug-likeness (QED) is 0.450. The second-order valence-corrected chi connectivity index (χ2v) is 5.63. The summed E-state index contributed by atoms with van der Waals surface area (Å²) in [6.45, 7) is 0.310. The molecule has 26 heavy (non-hydrogen) atoms. The first-order valence-corrected chi connectivity index (χ1v) is 7.85. The van der Waals surface area contributed by atoms with Crippen LogP contribution >= 0.6 is 11.6 Å². The van der Waals surface area contributed by atoms with Crippen LogP contribution in [0, 0.1) is 10.1 Å². The van der Waals surface area contributed by atoms with Crippen LogP contribution in [0.25, 0.3) is 0 Å². The van der Waals surface area contributed by atoms with Gasteiger partial charge in [-0.1, -0.05) is 29.8 Å². The van der Waals surface area contributed by atoms with E-state index in [2.05, 4.69) is 25.8 Å². The number of anilines is 2. The van der Waals surface area contributed by atoms with Crippen LogP contribution in [-0.4, -0.2) is 26.0 Å². The Morgan fingerprint density at radius 3 is 2.77 bits per heavy atom. The van der Waals surface area contributed by atoms with Gasteiger partial charge in [0.15, 0.2) is 0 Å². The van der Waals surface area contributed by atoms with Crippen LogP contribution in [0.5, 0.6) is 0 Å². The highest BCUT2D eigenvalue weighted by Gasteiger charge is 2.18. The number of carbonyl (C=O) groups excluding carboxylic acids is 1. The van der Waals surface area contributed by atoms with E-state index in [1.54, 1.807) is 12.1 Å². The summed E-state index contributed by atoms with van der Waals surface area (Å²) in [5.41, 5.74) is 0.986. The maximum absolute atomic E-state index is 12.2. The number of nitro benzene ring substituents is 1. The summed E-state index contributed by atoms with van der Waals surface area (Å²) >= 11 is 6.09. The molecule has 10 heteroatoms. The molecule has 0 saturated heterocycles. The molecule has 2 aromatic carbocycles. The molecule has 3 rings (SSSR count). The maximum atomic E-state index is 12.2. The molecule has 1 heterocycles. The molecule has 0 aliphatic heterocycles. The minimum absolute atomic E-state index is 0.122. The van der Waals surface area contributed by atoms with Crippen LogP contribution in [0.1, 0.15) is 15.9 Å². The number of hydrogen-bond donors (Lipinski definition) is 3. The molecule has 0 bridgehead atoms. The smallest absolute Gasteiger partial charge is 0.293 e. The first-order chi connectivity index (χ1) is 12.5. The van der Waals surface area contributed by atoms with Crippen LogP contribution in [0.15, 0.2) is 48.8 Å². The monoisotopic (exact) mass is 372 g/mol. The number of H-pyrrole nitrogens is 1. The highest BCUT2D eigenvalue weighted by Crippen LogP contribution is 2.27. The molecule has 0 atom stereocenters. The summed E-state index contributed by atoms with van der Waals surface area (Å²) in [5, 5.41) is 23.5. The van der Waals surface area contributed by atoms with Crippen molar-refractivity contribution in [2.45, 2.75) is 6.54 Å². The Morgan fingerprint density at radius 2 is 2.08 bits per heavy atom. The zero-order valence-corrected chi connectivity index (χ0v) is 14.0. The second-order valence-electron chi connectivity index (χ2n) is 5.22. The third-order valence-electron chi connectivity index (χ3n) is 3.53. The third kappa shape index (κ3) is 3.95. The van der Waals surface area contributed by atoms with E-state index in [-0.39, 0.29) is 22.9 Å². The van der Waals surface area contributed by atoms with Crippen LogP contribution in [0.3, 0.4) is 0 Å². The van der Waals surface area contributed by atoms with E-state index in [1.807, 2.05) is 12.1 Å². The molecule has 1 amide bonds. The molecule has 3 N–H and O–H groups in total. The number of benzene rings is 2. The lowest BCUT2D eigenvalue weighted by molar-refractivity contribution is -0.384. The molecule has 0 radical (unpaired) electrons. The normalized spacial score (nSPS) is 10.3. The fraction of sp³-hybridized carbons (Fsp3) is 0.0625. The number of nitrogens with one attached hydrogen (secondary N) is 3. The molecule has 0 aliphatic carbocycles. The first kappa shape index (κ1) is 17.4. The number of amides is 1. The molecular weight excluding hydrogens is 360 g/mol. The van der Waals surface area contributed by atoms with Crippen molar-refractivity contribution >= 4 is 34.8 Å². The number of halogens is 1. The van der Waals surface area contributed by atoms with Crippen molar-refractivity contribution in [2.24, 2.45) is 0 Å². The van der Waals surface area contributed by atoms with E-state index in [0.717, 1.165) is 5.56 Å². The second kappa shape index (κ2) is 7.62. The van der Waals surface area contributed by atoms with E-state index < -0.39 is 10.8 Å². The van der Waals surface area contributed by atoms with Gasteiger partial charge in [0.25, 0.3) is 11.6 Å². The highest BCUT2D eigenvalue weighted by molar-refractivity contribution is 6.31. The average molecular weight is 373 g/mol. The first-order valence-electron chi connectivity index (χ1n) is 7.47. The van der Waals surface area contributed by atoms with Gasteiger partial charge in [0.05, 0.1) is 4.92 Å². The zero-order chi connectivity index (χ0) is 18.5. The minimum atomic E-state index is -0.555. The Bertz CT molecular complexity index is 945. The third-order valence-corrected chi connectivity index (χ3v) is 3.90. The topological polar surface area (TPSA) is 126 Å². The van der Waals surface area contributed by atoms with Crippen LogP contribution < -0.4 is 10.6 Å². The Labute approximate surface area is 152 Å². The summed E-state index contributed by atoms with van der Waals surface area (Å²) in [6.07, 6.45) is 1.24. The van der Waals surface area contributed by atoms with Crippen molar-refractivity contribution < 1.29 is 9.72 Å². The van der Waals surface area contributed by atoms with Gasteiger partial charge in [-0.15, -0.1) is 0 Å². The summed E-state index contributed by atoms with van der Waals surface area (Å²) < 4.78 is 0. The number of nitro groups is 1. The van der Waals surface area contributed by atoms with E-state index >= 15 is 0 Å². The molecule has 0 saturated carbocycles. The zero-order valence-electron chi connectivity index (χ0n) is 13.3. The predicted octanol–water partition coefficient (Wildman–Crippen LogP) is 3.23. The molecule has 3 aromatic rings. The van der Waals surface area contributed by atoms with E-state index in [9.17, 15) is 14.9 Å². The van der Waals surface area contributed by atoms with Crippen molar-refractivity contribution in [3.63, 3.8) is 0 Å². The molecule has 1 aromatic heterocycles. The maximum Gasteiger partial charge on any atom is 0.293 e. The van der Waals surface area contributed by atoms with Crippen LogP contribution in [-0.2, 0) is 6.54 Å². The van der Waals surface area contributed by atoms with Crippen molar-refractivity contribution in [3.8, 4) is 0 Å². The predicted molar refractivity (Wildman–Crippen MR) is 96.2 cm³/mol. The van der Waals surface area contributed by atoms with Gasteiger partial charge in [-0.2, -0.15) is 10.1 Å². The number of aromatic amines is 1. The highest BCUT2D eigenvalue weighted by atomic mass is 35.5. The number of carbonyl (C=O) groups is 1. The molecular formula is C16H13ClN6O3. The number of hydrogen-bond acceptors (Lipinski definition) is 6. The summed E-state index contributed by atoms with van der Waals surface area (Å²) in [7, 11) is 0. The molecule has 0 spiro atoms. The van der Waals surface area contributed by atoms with E-state index in [0.29, 0.717) is 11.6 Å². The van der Waals surface area contributed by atoms with Crippen molar-refractivity contribution in [2.75, 3.05) is 10.6 Å². The number of nitrogens with zero attached hydrogens (tertiary/aromatic N) is 3. The van der Waals surface area contributed by atoms with Gasteiger partial charge in [-0.3, -0.25) is 20.2 Å². The van der Waals surface area contributed by atoms with Crippen LogP contribution in [0.2, 0.25) is 5.02 Å². The Balaban J connectivity index is 1.79. The van der Waals surface area contributed by atoms with Gasteiger partial charge in [0, 0.05) is 23.2 Å². The molecule has 0 fully saturated rings. The Kier molecular flexibility index (Phi) is 5.09. The fourth-order valence-electron chi connectivity index (χ4n) is 2.25. The van der Waals surface area contributed by atoms with Crippen molar-refractivity contribution in [1.29, 1.82) is 0 Å². The largest absolute Gasteiger partial charge is 0.375 e. The fourth-order valence-corrected chi connectivity index (χ4v) is 2.45. The number of aromatic nitrogens is 3. The van der Waals surface area contributed by atoms with Crippen molar-refractivity contribution in [3.05, 3.63) is 75.1 Å². The van der Waals surface area contributed by atoms with Gasteiger partial charge in [0.2, 0.25) is 5.95 Å². The molecule has 132 valence electrons. The van der Waals surface area contributed by atoms with E-state index in [4.69, 9.17) is 11.6 Å². The van der Waals surface area contributed by atoms with Gasteiger partial charge < -0.3 is 5.32 Å². The average Bonchev–Trinajstić information content (AvgIpc) is 3.13. The molecule has 9 nitrogen and oxygen atoms in total. The lowest BCUT2D eigenvalue weighted by Gasteiger charge is -2.10. The molecule has 0 aliphatic rings. The van der Waals surface area contributed by atoms with Gasteiger partial charge in [0.1, 0.15) is 12.0 Å².